The molecule has 0 aliphatic rings. The molecule has 0 atom stereocenters. The van der Waals surface area contributed by atoms with Gasteiger partial charge >= 0.3 is 6.09 Å². The van der Waals surface area contributed by atoms with E-state index in [-0.39, 0.29) is 30.3 Å². The first-order valence-corrected chi connectivity index (χ1v) is 6.27. The summed E-state index contributed by atoms with van der Waals surface area (Å²) >= 11 is 0. The fourth-order valence-corrected chi connectivity index (χ4v) is 1.52. The number of hydrogen-bond acceptors (Lipinski definition) is 4. The quantitative estimate of drug-likeness (QED) is 0.857. The van der Waals surface area contributed by atoms with Crippen LogP contribution in [0.25, 0.3) is 0 Å². The number of primary amides is 1. The number of carbonyl (C=O) groups is 2. The van der Waals surface area contributed by atoms with Gasteiger partial charge < -0.3 is 15.8 Å². The largest absolute Gasteiger partial charge is 0.445 e. The Morgan fingerprint density at radius 1 is 1.52 bits per heavy atom. The van der Waals surface area contributed by atoms with Crippen molar-refractivity contribution in [3.05, 3.63) is 29.9 Å². The predicted molar refractivity (Wildman–Crippen MR) is 74.2 cm³/mol. The number of carbonyl (C=O) groups excluding carboxylic acids is 2. The van der Waals surface area contributed by atoms with Crippen molar-refractivity contribution in [2.75, 3.05) is 6.61 Å². The Hall–Kier alpha value is -2.38. The van der Waals surface area contributed by atoms with Crippen molar-refractivity contribution in [3.63, 3.8) is 0 Å². The van der Waals surface area contributed by atoms with Crippen LogP contribution >= 0.6 is 0 Å². The summed E-state index contributed by atoms with van der Waals surface area (Å²) in [6.07, 6.45) is 0.735. The van der Waals surface area contributed by atoms with E-state index in [1.54, 1.807) is 0 Å². The van der Waals surface area contributed by atoms with Crippen LogP contribution in [-0.4, -0.2) is 33.9 Å². The Kier molecular flexibility index (Phi) is 5.45. The van der Waals surface area contributed by atoms with Crippen molar-refractivity contribution in [1.82, 2.24) is 15.1 Å². The van der Waals surface area contributed by atoms with E-state index >= 15 is 0 Å². The van der Waals surface area contributed by atoms with Gasteiger partial charge in [0.2, 0.25) is 0 Å². The molecule has 7 nitrogen and oxygen atoms in total. The highest BCUT2D eigenvalue weighted by atomic mass is 19.1. The highest BCUT2D eigenvalue weighted by Crippen LogP contribution is 2.08. The molecule has 0 aliphatic heterocycles. The maximum absolute atomic E-state index is 12.8. The summed E-state index contributed by atoms with van der Waals surface area (Å²) in [6.45, 7) is 5.22. The number of halogens is 1. The van der Waals surface area contributed by atoms with E-state index in [2.05, 4.69) is 15.2 Å². The first-order valence-electron chi connectivity index (χ1n) is 6.27. The fraction of sp³-hybridized carbons (Fsp3) is 0.462. The van der Waals surface area contributed by atoms with E-state index < -0.39 is 11.6 Å². The Labute approximate surface area is 121 Å². The van der Waals surface area contributed by atoms with Gasteiger partial charge in [-0.05, 0) is 26.8 Å². The highest BCUT2D eigenvalue weighted by molar-refractivity contribution is 5.92. The maximum atomic E-state index is 12.8. The van der Waals surface area contributed by atoms with Crippen LogP contribution in [0, 0.1) is 0 Å². The number of aromatic nitrogens is 2. The molecular formula is C13H19FN4O3. The summed E-state index contributed by atoms with van der Waals surface area (Å²) in [6, 6.07) is 1.52. The van der Waals surface area contributed by atoms with E-state index in [1.807, 2.05) is 20.8 Å². The monoisotopic (exact) mass is 298 g/mol. The molecule has 1 heterocycles. The molecular weight excluding hydrogens is 279 g/mol. The SMILES string of the molecule is CC(C)(C)NC(=O)c1ccnn1C/C(=C\F)COC(N)=O. The number of nitrogens with zero attached hydrogens (tertiary/aromatic N) is 2. The zero-order valence-electron chi connectivity index (χ0n) is 12.2. The van der Waals surface area contributed by atoms with Crippen LogP contribution in [0.15, 0.2) is 24.2 Å². The molecule has 0 radical (unpaired) electrons. The van der Waals surface area contributed by atoms with Gasteiger partial charge in [0.1, 0.15) is 12.3 Å². The Balaban J connectivity index is 2.79. The van der Waals surface area contributed by atoms with Crippen molar-refractivity contribution in [2.45, 2.75) is 32.9 Å². The molecule has 0 aromatic carbocycles. The van der Waals surface area contributed by atoms with Crippen molar-refractivity contribution in [1.29, 1.82) is 0 Å². The molecule has 0 aliphatic carbocycles. The first-order chi connectivity index (χ1) is 9.73. The number of nitrogens with one attached hydrogen (secondary N) is 1. The zero-order chi connectivity index (χ0) is 16.0. The Morgan fingerprint density at radius 2 is 2.19 bits per heavy atom. The van der Waals surface area contributed by atoms with Gasteiger partial charge in [-0.15, -0.1) is 0 Å². The molecule has 0 unspecified atom stereocenters. The smallest absolute Gasteiger partial charge is 0.404 e. The van der Waals surface area contributed by atoms with Crippen LogP contribution in [0.2, 0.25) is 0 Å². The molecule has 2 amide bonds. The van der Waals surface area contributed by atoms with E-state index in [0.29, 0.717) is 6.33 Å². The molecule has 0 saturated heterocycles. The van der Waals surface area contributed by atoms with Crippen molar-refractivity contribution < 1.29 is 18.7 Å². The van der Waals surface area contributed by atoms with Gasteiger partial charge in [0, 0.05) is 17.3 Å². The molecule has 0 fully saturated rings. The van der Waals surface area contributed by atoms with Crippen LogP contribution < -0.4 is 11.1 Å². The molecule has 21 heavy (non-hydrogen) atoms. The van der Waals surface area contributed by atoms with Crippen molar-refractivity contribution >= 4 is 12.0 Å². The number of nitrogens with two attached hydrogens (primary N) is 1. The molecule has 1 aromatic rings. The van der Waals surface area contributed by atoms with Crippen molar-refractivity contribution in [2.24, 2.45) is 5.73 Å². The Bertz CT molecular complexity index is 546. The molecule has 0 saturated carbocycles. The fourth-order valence-electron chi connectivity index (χ4n) is 1.52. The minimum Gasteiger partial charge on any atom is -0.445 e. The third-order valence-corrected chi connectivity index (χ3v) is 2.34. The Morgan fingerprint density at radius 3 is 2.71 bits per heavy atom. The summed E-state index contributed by atoms with van der Waals surface area (Å²) in [7, 11) is 0. The molecule has 1 rings (SSSR count). The van der Waals surface area contributed by atoms with Gasteiger partial charge in [-0.1, -0.05) is 0 Å². The third kappa shape index (κ3) is 5.64. The minimum absolute atomic E-state index is 0.0241. The summed E-state index contributed by atoms with van der Waals surface area (Å²) in [5.41, 5.74) is 4.82. The lowest BCUT2D eigenvalue weighted by molar-refractivity contribution is 0.0908. The van der Waals surface area contributed by atoms with Crippen LogP contribution in [-0.2, 0) is 11.3 Å². The number of amides is 2. The summed E-state index contributed by atoms with van der Waals surface area (Å²) < 4.78 is 18.6. The molecule has 0 bridgehead atoms. The van der Waals surface area contributed by atoms with Crippen LogP contribution in [0.4, 0.5) is 9.18 Å². The normalized spacial score (nSPS) is 12.1. The second kappa shape index (κ2) is 6.87. The second-order valence-corrected chi connectivity index (χ2v) is 5.45. The average molecular weight is 298 g/mol. The van der Waals surface area contributed by atoms with Gasteiger partial charge in [-0.25, -0.2) is 9.18 Å². The minimum atomic E-state index is -1.000. The predicted octanol–water partition coefficient (Wildman–Crippen LogP) is 1.36. The molecule has 3 N–H and O–H groups in total. The van der Waals surface area contributed by atoms with E-state index in [4.69, 9.17) is 5.73 Å². The first kappa shape index (κ1) is 16.7. The topological polar surface area (TPSA) is 99.2 Å². The van der Waals surface area contributed by atoms with Gasteiger partial charge in [-0.2, -0.15) is 5.10 Å². The number of hydrogen-bond donors (Lipinski definition) is 2. The van der Waals surface area contributed by atoms with E-state index in [1.165, 1.54) is 16.9 Å². The summed E-state index contributed by atoms with van der Waals surface area (Å²) in [5, 5.41) is 6.74. The van der Waals surface area contributed by atoms with Gasteiger partial charge in [0.15, 0.2) is 0 Å². The third-order valence-electron chi connectivity index (χ3n) is 2.34. The van der Waals surface area contributed by atoms with E-state index in [9.17, 15) is 14.0 Å². The van der Waals surface area contributed by atoms with Gasteiger partial charge in [0.05, 0.1) is 12.9 Å². The average Bonchev–Trinajstić information content (AvgIpc) is 2.80. The lowest BCUT2D eigenvalue weighted by Gasteiger charge is -2.20. The van der Waals surface area contributed by atoms with Crippen molar-refractivity contribution in [3.8, 4) is 0 Å². The van der Waals surface area contributed by atoms with Crippen LogP contribution in [0.3, 0.4) is 0 Å². The van der Waals surface area contributed by atoms with Gasteiger partial charge in [-0.3, -0.25) is 9.48 Å². The second-order valence-electron chi connectivity index (χ2n) is 5.45. The van der Waals surface area contributed by atoms with Crippen LogP contribution in [0.5, 0.6) is 0 Å². The van der Waals surface area contributed by atoms with Crippen LogP contribution in [0.1, 0.15) is 31.3 Å². The molecule has 0 spiro atoms. The highest BCUT2D eigenvalue weighted by Gasteiger charge is 2.19. The number of ether oxygens (including phenoxy) is 1. The standard InChI is InChI=1S/C13H19FN4O3/c1-13(2,3)17-11(19)10-4-5-16-18(10)7-9(6-14)8-21-12(15)20/h4-6H,7-8H2,1-3H3,(H2,15,20)(H,17,19)/b9-6+. The molecule has 8 heteroatoms. The zero-order valence-corrected chi connectivity index (χ0v) is 12.2. The summed E-state index contributed by atoms with van der Waals surface area (Å²) in [5.74, 6) is -0.325. The maximum Gasteiger partial charge on any atom is 0.404 e. The lowest BCUT2D eigenvalue weighted by Crippen LogP contribution is -2.41. The number of rotatable bonds is 5. The lowest BCUT2D eigenvalue weighted by atomic mass is 10.1. The van der Waals surface area contributed by atoms with Gasteiger partial charge in [0.25, 0.3) is 5.91 Å². The summed E-state index contributed by atoms with van der Waals surface area (Å²) in [4.78, 5) is 22.6. The van der Waals surface area contributed by atoms with E-state index in [0.717, 1.165) is 0 Å². The molecule has 116 valence electrons. The molecule has 1 aromatic heterocycles.